The van der Waals surface area contributed by atoms with Crippen LogP contribution in [0.1, 0.15) is 37.6 Å². The van der Waals surface area contributed by atoms with Crippen LogP contribution in [0.25, 0.3) is 0 Å². The maximum Gasteiger partial charge on any atom is 0.408 e. The molecule has 1 aliphatic rings. The first-order valence-corrected chi connectivity index (χ1v) is 8.75. The first-order chi connectivity index (χ1) is 12.6. The quantitative estimate of drug-likeness (QED) is 0.806. The molecule has 0 aliphatic carbocycles. The zero-order valence-electron chi connectivity index (χ0n) is 15.9. The van der Waals surface area contributed by atoms with Crippen LogP contribution in [0.2, 0.25) is 0 Å². The molecule has 8 heteroatoms. The summed E-state index contributed by atoms with van der Waals surface area (Å²) >= 11 is 0. The summed E-state index contributed by atoms with van der Waals surface area (Å²) in [5, 5.41) is 24.8. The number of fused-ring (bicyclic) bond motifs is 1. The van der Waals surface area contributed by atoms with Crippen molar-refractivity contribution in [3.63, 3.8) is 0 Å². The Morgan fingerprint density at radius 2 is 1.93 bits per heavy atom. The predicted molar refractivity (Wildman–Crippen MR) is 98.8 cm³/mol. The Hall–Kier alpha value is -2.87. The minimum atomic E-state index is -1.20. The molecule has 1 aromatic carbocycles. The van der Waals surface area contributed by atoms with Crippen molar-refractivity contribution in [3.05, 3.63) is 47.2 Å². The first kappa shape index (κ1) is 18.9. The smallest absolute Gasteiger partial charge is 0.408 e. The normalized spacial score (nSPS) is 17.0. The summed E-state index contributed by atoms with van der Waals surface area (Å²) in [6.45, 7) is 5.17. The Kier molecular flexibility index (Phi) is 4.69. The molecule has 1 atom stereocenters. The number of anilines is 1. The Morgan fingerprint density at radius 3 is 2.48 bits per heavy atom. The molecule has 0 bridgehead atoms. The second-order valence-electron chi connectivity index (χ2n) is 7.73. The molecule has 0 spiro atoms. The number of amides is 2. The molecular weight excluding hydrogens is 348 g/mol. The van der Waals surface area contributed by atoms with E-state index in [2.05, 4.69) is 5.10 Å². The third-order valence-corrected chi connectivity index (χ3v) is 4.80. The molecule has 0 unspecified atom stereocenters. The van der Waals surface area contributed by atoms with E-state index in [9.17, 15) is 19.9 Å². The standard InChI is InChI=1S/C19H24N4O4/c1-19(2,3)22(18(25)26)15-11-13-14(10-12-8-6-5-7-9-12)21(4)20-16(13)23(27)17(15)24/h5-9,15,27H,10-11H2,1-4H3,(H,25,26)/t15-/m0/s1. The van der Waals surface area contributed by atoms with Crippen molar-refractivity contribution >= 4 is 17.8 Å². The van der Waals surface area contributed by atoms with Gasteiger partial charge in [0.05, 0.1) is 0 Å². The van der Waals surface area contributed by atoms with Gasteiger partial charge in [-0.3, -0.25) is 19.6 Å². The van der Waals surface area contributed by atoms with Crippen LogP contribution in [0.15, 0.2) is 30.3 Å². The van der Waals surface area contributed by atoms with Crippen LogP contribution in [0.3, 0.4) is 0 Å². The Labute approximate surface area is 157 Å². The van der Waals surface area contributed by atoms with Gasteiger partial charge in [0, 0.05) is 36.7 Å². The average Bonchev–Trinajstić information content (AvgIpc) is 2.88. The molecule has 1 aromatic heterocycles. The van der Waals surface area contributed by atoms with Crippen molar-refractivity contribution in [3.8, 4) is 0 Å². The number of hydrogen-bond donors (Lipinski definition) is 2. The molecule has 0 saturated heterocycles. The van der Waals surface area contributed by atoms with Crippen LogP contribution < -0.4 is 5.06 Å². The van der Waals surface area contributed by atoms with E-state index in [-0.39, 0.29) is 12.2 Å². The van der Waals surface area contributed by atoms with Crippen molar-refractivity contribution in [2.24, 2.45) is 7.05 Å². The lowest BCUT2D eigenvalue weighted by molar-refractivity contribution is -0.131. The summed E-state index contributed by atoms with van der Waals surface area (Å²) in [6.07, 6.45) is -0.465. The number of carbonyl (C=O) groups excluding carboxylic acids is 1. The summed E-state index contributed by atoms with van der Waals surface area (Å²) in [7, 11) is 1.75. The molecule has 2 N–H and O–H groups in total. The molecular formula is C19H24N4O4. The van der Waals surface area contributed by atoms with E-state index in [1.807, 2.05) is 30.3 Å². The van der Waals surface area contributed by atoms with Crippen molar-refractivity contribution in [2.75, 3.05) is 5.06 Å². The number of hydroxylamine groups is 1. The molecule has 27 heavy (non-hydrogen) atoms. The summed E-state index contributed by atoms with van der Waals surface area (Å²) in [4.78, 5) is 25.6. The van der Waals surface area contributed by atoms with Crippen molar-refractivity contribution in [1.82, 2.24) is 14.7 Å². The van der Waals surface area contributed by atoms with Crippen LogP contribution in [-0.2, 0) is 24.7 Å². The van der Waals surface area contributed by atoms with Gasteiger partial charge in [0.15, 0.2) is 5.82 Å². The summed E-state index contributed by atoms with van der Waals surface area (Å²) in [5.74, 6) is -0.520. The Bertz CT molecular complexity index is 870. The van der Waals surface area contributed by atoms with Crippen molar-refractivity contribution in [2.45, 2.75) is 45.2 Å². The van der Waals surface area contributed by atoms with E-state index >= 15 is 0 Å². The fourth-order valence-corrected chi connectivity index (χ4v) is 3.59. The maximum atomic E-state index is 12.7. The van der Waals surface area contributed by atoms with E-state index in [1.54, 1.807) is 32.5 Å². The fraction of sp³-hybridized carbons (Fsp3) is 0.421. The van der Waals surface area contributed by atoms with Gasteiger partial charge in [-0.05, 0) is 26.3 Å². The number of benzene rings is 1. The number of nitrogens with zero attached hydrogens (tertiary/aromatic N) is 4. The largest absolute Gasteiger partial charge is 0.465 e. The van der Waals surface area contributed by atoms with Gasteiger partial charge in [0.25, 0.3) is 5.91 Å². The van der Waals surface area contributed by atoms with Gasteiger partial charge in [-0.25, -0.2) is 4.79 Å². The van der Waals surface area contributed by atoms with E-state index < -0.39 is 23.6 Å². The van der Waals surface area contributed by atoms with Gasteiger partial charge in [0.1, 0.15) is 6.04 Å². The molecule has 8 nitrogen and oxygen atoms in total. The SMILES string of the molecule is Cn1nc2c(c1Cc1ccccc1)C[C@H](N(C(=O)O)C(C)(C)C)C(=O)N2O. The minimum Gasteiger partial charge on any atom is -0.465 e. The van der Waals surface area contributed by atoms with Gasteiger partial charge in [-0.1, -0.05) is 30.3 Å². The minimum absolute atomic E-state index is 0.170. The first-order valence-electron chi connectivity index (χ1n) is 8.75. The van der Waals surface area contributed by atoms with Gasteiger partial charge < -0.3 is 5.11 Å². The van der Waals surface area contributed by atoms with Crippen molar-refractivity contribution in [1.29, 1.82) is 0 Å². The van der Waals surface area contributed by atoms with E-state index in [4.69, 9.17) is 0 Å². The molecule has 144 valence electrons. The van der Waals surface area contributed by atoms with E-state index in [1.165, 1.54) is 0 Å². The van der Waals surface area contributed by atoms with Crippen LogP contribution in [0, 0.1) is 0 Å². The molecule has 0 fully saturated rings. The Balaban J connectivity index is 2.04. The maximum absolute atomic E-state index is 12.7. The highest BCUT2D eigenvalue weighted by molar-refractivity contribution is 5.99. The van der Waals surface area contributed by atoms with Gasteiger partial charge >= 0.3 is 6.09 Å². The highest BCUT2D eigenvalue weighted by Crippen LogP contribution is 2.33. The summed E-state index contributed by atoms with van der Waals surface area (Å²) in [6, 6.07) is 8.77. The highest BCUT2D eigenvalue weighted by atomic mass is 16.5. The lowest BCUT2D eigenvalue weighted by Crippen LogP contribution is -2.59. The number of aryl methyl sites for hydroxylation is 1. The second-order valence-corrected chi connectivity index (χ2v) is 7.73. The molecule has 1 aliphatic heterocycles. The molecule has 0 radical (unpaired) electrons. The molecule has 2 amide bonds. The van der Waals surface area contributed by atoms with Gasteiger partial charge in [0.2, 0.25) is 0 Å². The number of rotatable bonds is 3. The summed E-state index contributed by atoms with van der Waals surface area (Å²) in [5.41, 5.74) is 1.79. The zero-order valence-corrected chi connectivity index (χ0v) is 15.9. The molecule has 0 saturated carbocycles. The summed E-state index contributed by atoms with van der Waals surface area (Å²) < 4.78 is 1.64. The van der Waals surface area contributed by atoms with E-state index in [0.717, 1.165) is 16.2 Å². The van der Waals surface area contributed by atoms with Gasteiger partial charge in [-0.2, -0.15) is 10.2 Å². The highest BCUT2D eigenvalue weighted by Gasteiger charge is 2.45. The molecule has 3 rings (SSSR count). The van der Waals surface area contributed by atoms with Crippen LogP contribution in [0.4, 0.5) is 10.6 Å². The lowest BCUT2D eigenvalue weighted by atomic mass is 9.93. The number of aromatic nitrogens is 2. The van der Waals surface area contributed by atoms with Gasteiger partial charge in [-0.15, -0.1) is 0 Å². The average molecular weight is 372 g/mol. The molecule has 2 aromatic rings. The number of carboxylic acid groups (broad SMARTS) is 1. The number of carbonyl (C=O) groups is 2. The topological polar surface area (TPSA) is 98.9 Å². The third-order valence-electron chi connectivity index (χ3n) is 4.80. The fourth-order valence-electron chi connectivity index (χ4n) is 3.59. The number of hydrogen-bond acceptors (Lipinski definition) is 4. The Morgan fingerprint density at radius 1 is 1.30 bits per heavy atom. The van der Waals surface area contributed by atoms with E-state index in [0.29, 0.717) is 17.0 Å². The third kappa shape index (κ3) is 3.40. The van der Waals surface area contributed by atoms with Crippen molar-refractivity contribution < 1.29 is 19.9 Å². The van der Waals surface area contributed by atoms with Crippen LogP contribution in [-0.4, -0.2) is 48.6 Å². The monoisotopic (exact) mass is 372 g/mol. The van der Waals surface area contributed by atoms with Crippen LogP contribution in [0.5, 0.6) is 0 Å². The zero-order chi connectivity index (χ0) is 19.9. The predicted octanol–water partition coefficient (Wildman–Crippen LogP) is 2.44. The second kappa shape index (κ2) is 6.70. The lowest BCUT2D eigenvalue weighted by Gasteiger charge is -2.41. The van der Waals surface area contributed by atoms with Crippen LogP contribution >= 0.6 is 0 Å². The molecule has 2 heterocycles.